The lowest BCUT2D eigenvalue weighted by Crippen LogP contribution is -2.47. The van der Waals surface area contributed by atoms with Gasteiger partial charge < -0.3 is 10.2 Å². The Labute approximate surface area is 79.8 Å². The van der Waals surface area contributed by atoms with Gasteiger partial charge in [0.15, 0.2) is 0 Å². The number of hydrogen-bond acceptors (Lipinski definition) is 1. The molecular formula is C10H18N2O. The van der Waals surface area contributed by atoms with Gasteiger partial charge in [-0.1, -0.05) is 6.08 Å². The molecule has 1 rings (SSSR count). The van der Waals surface area contributed by atoms with Crippen LogP contribution in [-0.4, -0.2) is 23.0 Å². The third-order valence-electron chi connectivity index (χ3n) is 1.80. The smallest absolute Gasteiger partial charge is 0.321 e. The highest BCUT2D eigenvalue weighted by molar-refractivity contribution is 5.76. The average Bonchev–Trinajstić information content (AvgIpc) is 2.03. The lowest BCUT2D eigenvalue weighted by molar-refractivity contribution is 0.203. The van der Waals surface area contributed by atoms with Gasteiger partial charge in [-0.05, 0) is 33.6 Å². The molecule has 1 aliphatic heterocycles. The fourth-order valence-corrected chi connectivity index (χ4v) is 1.22. The van der Waals surface area contributed by atoms with Crippen LogP contribution in [0.5, 0.6) is 0 Å². The molecule has 74 valence electrons. The monoisotopic (exact) mass is 182 g/mol. The van der Waals surface area contributed by atoms with Crippen LogP contribution in [0.1, 0.15) is 33.6 Å². The zero-order valence-electron chi connectivity index (χ0n) is 8.63. The highest BCUT2D eigenvalue weighted by Crippen LogP contribution is 2.07. The van der Waals surface area contributed by atoms with Gasteiger partial charge in [0, 0.05) is 18.3 Å². The maximum atomic E-state index is 11.6. The van der Waals surface area contributed by atoms with Crippen LogP contribution in [0.3, 0.4) is 0 Å². The maximum absolute atomic E-state index is 11.6. The van der Waals surface area contributed by atoms with Crippen LogP contribution >= 0.6 is 0 Å². The van der Waals surface area contributed by atoms with E-state index >= 15 is 0 Å². The first-order chi connectivity index (χ1) is 5.99. The number of rotatable bonds is 0. The fourth-order valence-electron chi connectivity index (χ4n) is 1.22. The molecule has 1 heterocycles. The highest BCUT2D eigenvalue weighted by atomic mass is 16.2. The molecule has 0 saturated carbocycles. The number of carbonyl (C=O) groups is 1. The van der Waals surface area contributed by atoms with E-state index < -0.39 is 0 Å². The Balaban J connectivity index is 2.47. The van der Waals surface area contributed by atoms with Crippen LogP contribution in [0.25, 0.3) is 0 Å². The number of carbonyl (C=O) groups excluding carboxylic acids is 1. The molecule has 1 N–H and O–H groups in total. The van der Waals surface area contributed by atoms with Crippen molar-refractivity contribution < 1.29 is 4.79 Å². The van der Waals surface area contributed by atoms with Gasteiger partial charge in [-0.2, -0.15) is 0 Å². The summed E-state index contributed by atoms with van der Waals surface area (Å²) in [5.41, 5.74) is -0.150. The number of nitrogens with one attached hydrogen (secondary N) is 1. The predicted octanol–water partition coefficient (Wildman–Crippen LogP) is 2.10. The van der Waals surface area contributed by atoms with E-state index in [0.29, 0.717) is 0 Å². The highest BCUT2D eigenvalue weighted by Gasteiger charge is 2.18. The summed E-state index contributed by atoms with van der Waals surface area (Å²) in [6, 6.07) is 0.00319. The summed E-state index contributed by atoms with van der Waals surface area (Å²) < 4.78 is 0. The van der Waals surface area contributed by atoms with E-state index in [1.54, 1.807) is 4.90 Å². The number of allylic oxidation sites excluding steroid dienone is 1. The van der Waals surface area contributed by atoms with Gasteiger partial charge in [0.05, 0.1) is 0 Å². The van der Waals surface area contributed by atoms with E-state index in [4.69, 9.17) is 0 Å². The molecule has 2 amide bonds. The SMILES string of the molecule is CC(C)(C)NC(=O)N1C=CCCC1. The summed E-state index contributed by atoms with van der Waals surface area (Å²) in [6.45, 7) is 6.79. The lowest BCUT2D eigenvalue weighted by atomic mass is 10.1. The first-order valence-corrected chi connectivity index (χ1v) is 4.74. The normalized spacial score (nSPS) is 17.3. The molecule has 0 aromatic carbocycles. The molecule has 1 aliphatic rings. The summed E-state index contributed by atoms with van der Waals surface area (Å²) in [4.78, 5) is 13.3. The zero-order chi connectivity index (χ0) is 9.90. The molecule has 13 heavy (non-hydrogen) atoms. The largest absolute Gasteiger partial charge is 0.333 e. The predicted molar refractivity (Wildman–Crippen MR) is 53.4 cm³/mol. The van der Waals surface area contributed by atoms with Gasteiger partial charge in [-0.25, -0.2) is 4.79 Å². The molecule has 0 spiro atoms. The van der Waals surface area contributed by atoms with E-state index in [1.807, 2.05) is 33.0 Å². The molecule has 0 aliphatic carbocycles. The molecular weight excluding hydrogens is 164 g/mol. The molecule has 0 aromatic rings. The summed E-state index contributed by atoms with van der Waals surface area (Å²) >= 11 is 0. The van der Waals surface area contributed by atoms with Crippen molar-refractivity contribution in [2.24, 2.45) is 0 Å². The number of urea groups is 1. The first-order valence-electron chi connectivity index (χ1n) is 4.74. The van der Waals surface area contributed by atoms with E-state index in [1.165, 1.54) is 0 Å². The minimum absolute atomic E-state index is 0.00319. The summed E-state index contributed by atoms with van der Waals surface area (Å²) in [5.74, 6) is 0. The number of amides is 2. The first kappa shape index (κ1) is 10.1. The van der Waals surface area contributed by atoms with E-state index in [9.17, 15) is 4.79 Å². The minimum Gasteiger partial charge on any atom is -0.333 e. The molecule has 0 unspecified atom stereocenters. The average molecular weight is 182 g/mol. The Morgan fingerprint density at radius 1 is 1.46 bits per heavy atom. The molecule has 0 saturated heterocycles. The van der Waals surface area contributed by atoms with Gasteiger partial charge in [-0.15, -0.1) is 0 Å². The van der Waals surface area contributed by atoms with Crippen LogP contribution < -0.4 is 5.32 Å². The topological polar surface area (TPSA) is 32.3 Å². The number of hydrogen-bond donors (Lipinski definition) is 1. The second-order valence-electron chi connectivity index (χ2n) is 4.40. The Kier molecular flexibility index (Phi) is 2.96. The molecule has 0 fully saturated rings. The van der Waals surface area contributed by atoms with Gasteiger partial charge >= 0.3 is 6.03 Å². The van der Waals surface area contributed by atoms with Gasteiger partial charge in [-0.3, -0.25) is 0 Å². The van der Waals surface area contributed by atoms with Crippen LogP contribution in [0, 0.1) is 0 Å². The Hall–Kier alpha value is -0.990. The zero-order valence-corrected chi connectivity index (χ0v) is 8.63. The molecule has 0 radical (unpaired) electrons. The van der Waals surface area contributed by atoms with Crippen molar-refractivity contribution in [1.29, 1.82) is 0 Å². The Bertz CT molecular complexity index is 215. The van der Waals surface area contributed by atoms with Crippen molar-refractivity contribution in [2.45, 2.75) is 39.2 Å². The van der Waals surface area contributed by atoms with Crippen molar-refractivity contribution in [3.8, 4) is 0 Å². The third-order valence-corrected chi connectivity index (χ3v) is 1.80. The van der Waals surface area contributed by atoms with Crippen LogP contribution in [-0.2, 0) is 0 Å². The van der Waals surface area contributed by atoms with Crippen molar-refractivity contribution >= 4 is 6.03 Å². The summed E-state index contributed by atoms with van der Waals surface area (Å²) in [5, 5.41) is 2.92. The van der Waals surface area contributed by atoms with E-state index in [0.717, 1.165) is 19.4 Å². The van der Waals surface area contributed by atoms with Crippen LogP contribution in [0.15, 0.2) is 12.3 Å². The van der Waals surface area contributed by atoms with Crippen molar-refractivity contribution in [1.82, 2.24) is 10.2 Å². The van der Waals surface area contributed by atoms with Gasteiger partial charge in [0.2, 0.25) is 0 Å². The Morgan fingerprint density at radius 2 is 2.15 bits per heavy atom. The fraction of sp³-hybridized carbons (Fsp3) is 0.700. The lowest BCUT2D eigenvalue weighted by Gasteiger charge is -2.27. The Morgan fingerprint density at radius 3 is 2.62 bits per heavy atom. The maximum Gasteiger partial charge on any atom is 0.321 e. The van der Waals surface area contributed by atoms with Crippen LogP contribution in [0.2, 0.25) is 0 Å². The number of nitrogens with zero attached hydrogens (tertiary/aromatic N) is 1. The molecule has 3 nitrogen and oxygen atoms in total. The third kappa shape index (κ3) is 3.49. The van der Waals surface area contributed by atoms with Gasteiger partial charge in [0.25, 0.3) is 0 Å². The van der Waals surface area contributed by atoms with Gasteiger partial charge in [0.1, 0.15) is 0 Å². The molecule has 0 bridgehead atoms. The van der Waals surface area contributed by atoms with Crippen molar-refractivity contribution in [2.75, 3.05) is 6.54 Å². The quantitative estimate of drug-likeness (QED) is 0.611. The van der Waals surface area contributed by atoms with E-state index in [2.05, 4.69) is 5.32 Å². The summed E-state index contributed by atoms with van der Waals surface area (Å²) in [7, 11) is 0. The van der Waals surface area contributed by atoms with Crippen LogP contribution in [0.4, 0.5) is 4.79 Å². The van der Waals surface area contributed by atoms with E-state index in [-0.39, 0.29) is 11.6 Å². The molecule has 0 atom stereocenters. The summed E-state index contributed by atoms with van der Waals surface area (Å²) in [6.07, 6.45) is 6.05. The van der Waals surface area contributed by atoms with Crippen molar-refractivity contribution in [3.05, 3.63) is 12.3 Å². The second-order valence-corrected chi connectivity index (χ2v) is 4.40. The minimum atomic E-state index is -0.150. The standard InChI is InChI=1S/C10H18N2O/c1-10(2,3)11-9(13)12-7-5-4-6-8-12/h5,7H,4,6,8H2,1-3H3,(H,11,13). The second kappa shape index (κ2) is 3.81. The molecule has 0 aromatic heterocycles. The molecule has 3 heteroatoms. The van der Waals surface area contributed by atoms with Crippen molar-refractivity contribution in [3.63, 3.8) is 0 Å².